The standard InChI is InChI=1S/C12H23NO2/c13-9-12(14)7-2-3-10(12)6-8-15-11-4-1-5-11/h10-11,14H,1-9,13H2. The van der Waals surface area contributed by atoms with E-state index in [0.717, 1.165) is 32.3 Å². The van der Waals surface area contributed by atoms with E-state index in [1.165, 1.54) is 19.3 Å². The highest BCUT2D eigenvalue weighted by Crippen LogP contribution is 2.37. The van der Waals surface area contributed by atoms with Gasteiger partial charge < -0.3 is 15.6 Å². The number of aliphatic hydroxyl groups is 1. The quantitative estimate of drug-likeness (QED) is 0.726. The lowest BCUT2D eigenvalue weighted by Gasteiger charge is -2.30. The Morgan fingerprint density at radius 1 is 1.27 bits per heavy atom. The van der Waals surface area contributed by atoms with Crippen molar-refractivity contribution >= 4 is 0 Å². The molecule has 2 aliphatic carbocycles. The predicted octanol–water partition coefficient (Wildman–Crippen LogP) is 1.44. The molecular weight excluding hydrogens is 190 g/mol. The van der Waals surface area contributed by atoms with E-state index in [4.69, 9.17) is 10.5 Å². The highest BCUT2D eigenvalue weighted by Gasteiger charge is 2.39. The third-order valence-corrected chi connectivity index (χ3v) is 4.15. The molecule has 88 valence electrons. The molecule has 0 bridgehead atoms. The van der Waals surface area contributed by atoms with E-state index in [2.05, 4.69) is 0 Å². The molecule has 0 aromatic rings. The zero-order chi connectivity index (χ0) is 10.7. The first-order chi connectivity index (χ1) is 7.24. The van der Waals surface area contributed by atoms with Gasteiger partial charge in [-0.05, 0) is 44.4 Å². The van der Waals surface area contributed by atoms with E-state index in [-0.39, 0.29) is 0 Å². The summed E-state index contributed by atoms with van der Waals surface area (Å²) < 4.78 is 5.73. The Bertz CT molecular complexity index is 206. The lowest BCUT2D eigenvalue weighted by molar-refractivity contribution is -0.0330. The summed E-state index contributed by atoms with van der Waals surface area (Å²) in [5, 5.41) is 10.2. The van der Waals surface area contributed by atoms with Gasteiger partial charge in [0, 0.05) is 13.2 Å². The summed E-state index contributed by atoms with van der Waals surface area (Å²) in [5.74, 6) is 0.363. The Labute approximate surface area is 92.0 Å². The van der Waals surface area contributed by atoms with Crippen molar-refractivity contribution in [1.29, 1.82) is 0 Å². The maximum Gasteiger partial charge on any atom is 0.0798 e. The van der Waals surface area contributed by atoms with Crippen LogP contribution in [0.15, 0.2) is 0 Å². The smallest absolute Gasteiger partial charge is 0.0798 e. The average Bonchev–Trinajstić information content (AvgIpc) is 2.53. The molecule has 0 aliphatic heterocycles. The van der Waals surface area contributed by atoms with E-state index >= 15 is 0 Å². The highest BCUT2D eigenvalue weighted by molar-refractivity contribution is 4.92. The molecule has 2 saturated carbocycles. The number of nitrogens with two attached hydrogens (primary N) is 1. The normalized spacial score (nSPS) is 36.8. The second kappa shape index (κ2) is 4.81. The SMILES string of the molecule is NCC1(O)CCCC1CCOC1CCC1. The van der Waals surface area contributed by atoms with Crippen LogP contribution in [0.4, 0.5) is 0 Å². The van der Waals surface area contributed by atoms with Gasteiger partial charge in [0.15, 0.2) is 0 Å². The molecule has 3 heteroatoms. The van der Waals surface area contributed by atoms with Gasteiger partial charge in [-0.15, -0.1) is 0 Å². The van der Waals surface area contributed by atoms with Gasteiger partial charge in [0.05, 0.1) is 11.7 Å². The Kier molecular flexibility index (Phi) is 3.65. The lowest BCUT2D eigenvalue weighted by atomic mass is 9.88. The van der Waals surface area contributed by atoms with Crippen LogP contribution in [0.5, 0.6) is 0 Å². The van der Waals surface area contributed by atoms with Crippen molar-refractivity contribution in [2.24, 2.45) is 11.7 Å². The molecule has 2 fully saturated rings. The molecule has 3 nitrogen and oxygen atoms in total. The molecule has 0 heterocycles. The molecular formula is C12H23NO2. The Hall–Kier alpha value is -0.120. The van der Waals surface area contributed by atoms with Crippen LogP contribution < -0.4 is 5.73 Å². The largest absolute Gasteiger partial charge is 0.388 e. The first-order valence-electron chi connectivity index (χ1n) is 6.29. The van der Waals surface area contributed by atoms with Gasteiger partial charge in [0.2, 0.25) is 0 Å². The third kappa shape index (κ3) is 2.52. The molecule has 3 N–H and O–H groups in total. The van der Waals surface area contributed by atoms with Crippen LogP contribution in [0.25, 0.3) is 0 Å². The number of hydrogen-bond acceptors (Lipinski definition) is 3. The van der Waals surface area contributed by atoms with Crippen LogP contribution in [-0.2, 0) is 4.74 Å². The van der Waals surface area contributed by atoms with Gasteiger partial charge in [-0.3, -0.25) is 0 Å². The van der Waals surface area contributed by atoms with Gasteiger partial charge in [-0.2, -0.15) is 0 Å². The van der Waals surface area contributed by atoms with Crippen LogP contribution in [0, 0.1) is 5.92 Å². The van der Waals surface area contributed by atoms with Crippen LogP contribution in [0.3, 0.4) is 0 Å². The minimum absolute atomic E-state index is 0.363. The van der Waals surface area contributed by atoms with Crippen molar-refractivity contribution in [3.05, 3.63) is 0 Å². The van der Waals surface area contributed by atoms with Crippen molar-refractivity contribution < 1.29 is 9.84 Å². The van der Waals surface area contributed by atoms with Crippen molar-refractivity contribution in [3.8, 4) is 0 Å². The second-order valence-electron chi connectivity index (χ2n) is 5.11. The fourth-order valence-corrected chi connectivity index (χ4v) is 2.72. The molecule has 0 amide bonds. The van der Waals surface area contributed by atoms with Gasteiger partial charge in [-0.1, -0.05) is 6.42 Å². The Morgan fingerprint density at radius 3 is 2.67 bits per heavy atom. The average molecular weight is 213 g/mol. The molecule has 0 radical (unpaired) electrons. The maximum atomic E-state index is 10.2. The highest BCUT2D eigenvalue weighted by atomic mass is 16.5. The summed E-state index contributed by atoms with van der Waals surface area (Å²) in [6.45, 7) is 1.21. The van der Waals surface area contributed by atoms with E-state index in [1.807, 2.05) is 0 Å². The number of rotatable bonds is 5. The summed E-state index contributed by atoms with van der Waals surface area (Å²) in [5.41, 5.74) is 5.04. The molecule has 0 aromatic carbocycles. The summed E-state index contributed by atoms with van der Waals surface area (Å²) in [7, 11) is 0. The van der Waals surface area contributed by atoms with E-state index in [1.54, 1.807) is 0 Å². The number of hydrogen-bond donors (Lipinski definition) is 2. The van der Waals surface area contributed by atoms with Gasteiger partial charge in [-0.25, -0.2) is 0 Å². The monoisotopic (exact) mass is 213 g/mol. The molecule has 0 aromatic heterocycles. The molecule has 2 unspecified atom stereocenters. The van der Waals surface area contributed by atoms with Crippen LogP contribution >= 0.6 is 0 Å². The molecule has 15 heavy (non-hydrogen) atoms. The molecule has 2 rings (SSSR count). The van der Waals surface area contributed by atoms with Crippen LogP contribution in [0.1, 0.15) is 44.9 Å². The van der Waals surface area contributed by atoms with Crippen molar-refractivity contribution in [2.75, 3.05) is 13.2 Å². The fourth-order valence-electron chi connectivity index (χ4n) is 2.72. The Morgan fingerprint density at radius 2 is 2.07 bits per heavy atom. The number of ether oxygens (including phenoxy) is 1. The fraction of sp³-hybridized carbons (Fsp3) is 1.00. The van der Waals surface area contributed by atoms with Gasteiger partial charge in [0.1, 0.15) is 0 Å². The summed E-state index contributed by atoms with van der Waals surface area (Å²) >= 11 is 0. The zero-order valence-corrected chi connectivity index (χ0v) is 9.45. The lowest BCUT2D eigenvalue weighted by Crippen LogP contribution is -2.41. The predicted molar refractivity (Wildman–Crippen MR) is 59.6 cm³/mol. The van der Waals surface area contributed by atoms with Crippen molar-refractivity contribution in [1.82, 2.24) is 0 Å². The topological polar surface area (TPSA) is 55.5 Å². The van der Waals surface area contributed by atoms with E-state index in [9.17, 15) is 5.11 Å². The summed E-state index contributed by atoms with van der Waals surface area (Å²) in [6, 6.07) is 0. The van der Waals surface area contributed by atoms with Crippen molar-refractivity contribution in [2.45, 2.75) is 56.7 Å². The molecule has 0 spiro atoms. The first kappa shape index (κ1) is 11.4. The first-order valence-corrected chi connectivity index (χ1v) is 6.29. The molecule has 2 atom stereocenters. The van der Waals surface area contributed by atoms with Gasteiger partial charge >= 0.3 is 0 Å². The molecule has 2 aliphatic rings. The minimum Gasteiger partial charge on any atom is -0.388 e. The second-order valence-corrected chi connectivity index (χ2v) is 5.11. The summed E-state index contributed by atoms with van der Waals surface area (Å²) in [4.78, 5) is 0. The van der Waals surface area contributed by atoms with Crippen LogP contribution in [-0.4, -0.2) is 30.0 Å². The van der Waals surface area contributed by atoms with Gasteiger partial charge in [0.25, 0.3) is 0 Å². The maximum absolute atomic E-state index is 10.2. The molecule has 0 saturated heterocycles. The zero-order valence-electron chi connectivity index (χ0n) is 9.45. The van der Waals surface area contributed by atoms with E-state index < -0.39 is 5.60 Å². The summed E-state index contributed by atoms with van der Waals surface area (Å²) in [6.07, 6.45) is 8.36. The van der Waals surface area contributed by atoms with Crippen LogP contribution in [0.2, 0.25) is 0 Å². The minimum atomic E-state index is -0.594. The Balaban J connectivity index is 1.68. The van der Waals surface area contributed by atoms with Crippen molar-refractivity contribution in [3.63, 3.8) is 0 Å². The third-order valence-electron chi connectivity index (χ3n) is 4.15. The van der Waals surface area contributed by atoms with E-state index in [0.29, 0.717) is 18.6 Å².